The zero-order valence-corrected chi connectivity index (χ0v) is 17.4. The third kappa shape index (κ3) is 9.15. The highest BCUT2D eigenvalue weighted by atomic mass is 127. The molecule has 1 aromatic rings. The smallest absolute Gasteiger partial charge is 0.191 e. The van der Waals surface area contributed by atoms with Gasteiger partial charge < -0.3 is 15.4 Å². The molecule has 1 rings (SSSR count). The highest BCUT2D eigenvalue weighted by Crippen LogP contribution is 2.21. The normalized spacial score (nSPS) is 13.2. The molecule has 0 saturated carbocycles. The Hall–Kier alpha value is -0.820. The van der Waals surface area contributed by atoms with Gasteiger partial charge in [-0.15, -0.1) is 24.0 Å². The first-order valence-electron chi connectivity index (χ1n) is 8.06. The molecule has 0 saturated heterocycles. The van der Waals surface area contributed by atoms with Gasteiger partial charge >= 0.3 is 0 Å². The number of benzene rings is 1. The lowest BCUT2D eigenvalue weighted by atomic mass is 9.89. The monoisotopic (exact) mass is 433 g/mol. The molecule has 1 atom stereocenters. The van der Waals surface area contributed by atoms with E-state index < -0.39 is 0 Å². The number of ether oxygens (including phenoxy) is 1. The summed E-state index contributed by atoms with van der Waals surface area (Å²) in [6.07, 6.45) is 1.09. The summed E-state index contributed by atoms with van der Waals surface area (Å²) in [6, 6.07) is 10.5. The van der Waals surface area contributed by atoms with Crippen molar-refractivity contribution in [2.45, 2.75) is 40.2 Å². The Morgan fingerprint density at radius 2 is 1.83 bits per heavy atom. The maximum Gasteiger partial charge on any atom is 0.191 e. The van der Waals surface area contributed by atoms with E-state index in [0.717, 1.165) is 25.5 Å². The van der Waals surface area contributed by atoms with Crippen LogP contribution in [0.5, 0.6) is 0 Å². The van der Waals surface area contributed by atoms with Crippen molar-refractivity contribution in [2.75, 3.05) is 26.7 Å². The third-order valence-electron chi connectivity index (χ3n) is 3.56. The van der Waals surface area contributed by atoms with Crippen molar-refractivity contribution in [3.63, 3.8) is 0 Å². The molecule has 0 bridgehead atoms. The van der Waals surface area contributed by atoms with Crippen LogP contribution >= 0.6 is 24.0 Å². The fraction of sp³-hybridized carbons (Fsp3) is 0.611. The van der Waals surface area contributed by atoms with E-state index in [1.165, 1.54) is 5.56 Å². The fourth-order valence-corrected chi connectivity index (χ4v) is 2.19. The number of hydrogen-bond donors (Lipinski definition) is 2. The van der Waals surface area contributed by atoms with Gasteiger partial charge in [-0.3, -0.25) is 4.99 Å². The van der Waals surface area contributed by atoms with E-state index in [1.54, 1.807) is 7.11 Å². The quantitative estimate of drug-likeness (QED) is 0.393. The number of nitrogens with zero attached hydrogens (tertiary/aromatic N) is 1. The first-order valence-corrected chi connectivity index (χ1v) is 8.06. The topological polar surface area (TPSA) is 45.7 Å². The molecule has 0 aliphatic rings. The second-order valence-corrected chi connectivity index (χ2v) is 6.47. The zero-order chi connectivity index (χ0) is 16.4. The predicted octanol–water partition coefficient (Wildman–Crippen LogP) is 3.46. The summed E-state index contributed by atoms with van der Waals surface area (Å²) in [5.41, 5.74) is 1.41. The molecule has 0 aliphatic heterocycles. The van der Waals surface area contributed by atoms with Crippen molar-refractivity contribution in [2.24, 2.45) is 10.4 Å². The summed E-state index contributed by atoms with van der Waals surface area (Å²) in [7, 11) is 1.75. The van der Waals surface area contributed by atoms with Crippen molar-refractivity contribution in [1.82, 2.24) is 10.6 Å². The minimum Gasteiger partial charge on any atom is -0.379 e. The molecule has 0 amide bonds. The molecule has 0 fully saturated rings. The first-order chi connectivity index (χ1) is 10.5. The predicted molar refractivity (Wildman–Crippen MR) is 110 cm³/mol. The highest BCUT2D eigenvalue weighted by molar-refractivity contribution is 14.0. The molecule has 1 aromatic carbocycles. The number of rotatable bonds is 7. The molecule has 23 heavy (non-hydrogen) atoms. The molecule has 5 heteroatoms. The highest BCUT2D eigenvalue weighted by Gasteiger charge is 2.23. The number of aliphatic imine (C=N–C) groups is 1. The van der Waals surface area contributed by atoms with E-state index in [4.69, 9.17) is 4.74 Å². The molecule has 0 aliphatic carbocycles. The van der Waals surface area contributed by atoms with Gasteiger partial charge in [0.15, 0.2) is 5.96 Å². The van der Waals surface area contributed by atoms with Crippen molar-refractivity contribution in [3.8, 4) is 0 Å². The molecule has 2 N–H and O–H groups in total. The lowest BCUT2D eigenvalue weighted by Gasteiger charge is -2.28. The van der Waals surface area contributed by atoms with E-state index in [-0.39, 0.29) is 35.5 Å². The van der Waals surface area contributed by atoms with E-state index in [9.17, 15) is 0 Å². The van der Waals surface area contributed by atoms with Crippen molar-refractivity contribution < 1.29 is 4.74 Å². The second kappa shape index (κ2) is 11.7. The molecule has 132 valence electrons. The Morgan fingerprint density at radius 3 is 2.35 bits per heavy atom. The van der Waals surface area contributed by atoms with Crippen LogP contribution in [0, 0.1) is 5.41 Å². The molecular weight excluding hydrogens is 401 g/mol. The van der Waals surface area contributed by atoms with E-state index in [0.29, 0.717) is 6.54 Å². The van der Waals surface area contributed by atoms with Crippen molar-refractivity contribution in [1.29, 1.82) is 0 Å². The number of hydrogen-bond acceptors (Lipinski definition) is 2. The minimum atomic E-state index is 0. The van der Waals surface area contributed by atoms with Crippen LogP contribution in [0.2, 0.25) is 0 Å². The Balaban J connectivity index is 0.00000484. The summed E-state index contributed by atoms with van der Waals surface area (Å²) in [5, 5.41) is 6.67. The second-order valence-electron chi connectivity index (χ2n) is 6.47. The largest absolute Gasteiger partial charge is 0.379 e. The Morgan fingerprint density at radius 1 is 1.17 bits per heavy atom. The maximum atomic E-state index is 5.55. The zero-order valence-electron chi connectivity index (χ0n) is 15.1. The number of guanidine groups is 1. The van der Waals surface area contributed by atoms with Crippen LogP contribution in [0.25, 0.3) is 0 Å². The standard InChI is InChI=1S/C18H31N3O.HI/c1-6-19-17(21-14-16(22-5)18(2,3)4)20-13-12-15-10-8-7-9-11-15;/h7-11,16H,6,12-14H2,1-5H3,(H2,19,20,21);1H. The summed E-state index contributed by atoms with van der Waals surface area (Å²) in [6.45, 7) is 11.0. The van der Waals surface area contributed by atoms with Gasteiger partial charge in [-0.05, 0) is 24.3 Å². The lowest BCUT2D eigenvalue weighted by Crippen LogP contribution is -2.40. The molecule has 0 spiro atoms. The van der Waals surface area contributed by atoms with Crippen LogP contribution in [0.4, 0.5) is 0 Å². The van der Waals surface area contributed by atoms with Crippen LogP contribution in [0.3, 0.4) is 0 Å². The van der Waals surface area contributed by atoms with E-state index in [2.05, 4.69) is 67.6 Å². The molecule has 0 heterocycles. The van der Waals surface area contributed by atoms with Crippen LogP contribution in [-0.4, -0.2) is 38.8 Å². The first kappa shape index (κ1) is 22.2. The van der Waals surface area contributed by atoms with Gasteiger partial charge in [0.1, 0.15) is 0 Å². The molecule has 4 nitrogen and oxygen atoms in total. The van der Waals surface area contributed by atoms with Crippen LogP contribution in [-0.2, 0) is 11.2 Å². The SMILES string of the molecule is CCNC(=NCC(OC)C(C)(C)C)NCCc1ccccc1.I. The Kier molecular flexibility index (Phi) is 11.3. The fourth-order valence-electron chi connectivity index (χ4n) is 2.19. The van der Waals surface area contributed by atoms with Gasteiger partial charge in [0, 0.05) is 20.2 Å². The molecule has 0 aromatic heterocycles. The van der Waals surface area contributed by atoms with Crippen molar-refractivity contribution >= 4 is 29.9 Å². The van der Waals surface area contributed by atoms with E-state index >= 15 is 0 Å². The van der Waals surface area contributed by atoms with Crippen molar-refractivity contribution in [3.05, 3.63) is 35.9 Å². The minimum absolute atomic E-state index is 0. The summed E-state index contributed by atoms with van der Waals surface area (Å²) in [5.74, 6) is 0.852. The average Bonchev–Trinajstić information content (AvgIpc) is 2.47. The van der Waals surface area contributed by atoms with Gasteiger partial charge in [0.25, 0.3) is 0 Å². The van der Waals surface area contributed by atoms with Gasteiger partial charge in [-0.25, -0.2) is 0 Å². The number of methoxy groups -OCH3 is 1. The summed E-state index contributed by atoms with van der Waals surface area (Å²) >= 11 is 0. The third-order valence-corrected chi connectivity index (χ3v) is 3.56. The van der Waals surface area contributed by atoms with Gasteiger partial charge in [0.2, 0.25) is 0 Å². The Labute approximate surface area is 158 Å². The maximum absolute atomic E-state index is 5.55. The van der Waals surface area contributed by atoms with E-state index in [1.807, 2.05) is 6.07 Å². The Bertz CT molecular complexity index is 443. The molecule has 0 radical (unpaired) electrons. The number of halogens is 1. The summed E-state index contributed by atoms with van der Waals surface area (Å²) in [4.78, 5) is 4.65. The van der Waals surface area contributed by atoms with Gasteiger partial charge in [-0.1, -0.05) is 51.1 Å². The molecular formula is C18H32IN3O. The summed E-state index contributed by atoms with van der Waals surface area (Å²) < 4.78 is 5.55. The lowest BCUT2D eigenvalue weighted by molar-refractivity contribution is 0.0241. The van der Waals surface area contributed by atoms with Crippen LogP contribution in [0.15, 0.2) is 35.3 Å². The average molecular weight is 433 g/mol. The van der Waals surface area contributed by atoms with Gasteiger partial charge in [-0.2, -0.15) is 0 Å². The number of nitrogens with one attached hydrogen (secondary N) is 2. The molecule has 1 unspecified atom stereocenters. The van der Waals surface area contributed by atoms with Gasteiger partial charge in [0.05, 0.1) is 12.6 Å². The van der Waals surface area contributed by atoms with Crippen LogP contribution < -0.4 is 10.6 Å². The van der Waals surface area contributed by atoms with Crippen LogP contribution in [0.1, 0.15) is 33.3 Å².